The summed E-state index contributed by atoms with van der Waals surface area (Å²) in [4.78, 5) is 17.5. The number of nitrogens with zero attached hydrogens (tertiary/aromatic N) is 2. The number of likely N-dealkylation sites (N-methyl/N-ethyl adjacent to an activating group) is 1. The zero-order valence-corrected chi connectivity index (χ0v) is 10.6. The lowest BCUT2D eigenvalue weighted by atomic mass is 10.3. The lowest BCUT2D eigenvalue weighted by Gasteiger charge is -2.18. The van der Waals surface area contributed by atoms with Crippen molar-refractivity contribution in [1.82, 2.24) is 10.2 Å². The third kappa shape index (κ3) is 3.41. The number of carbonyl (C=O) groups is 1. The third-order valence-corrected chi connectivity index (χ3v) is 3.61. The first-order chi connectivity index (χ1) is 7.04. The van der Waals surface area contributed by atoms with Crippen molar-refractivity contribution in [2.75, 3.05) is 20.6 Å². The second-order valence-corrected chi connectivity index (χ2v) is 5.18. The largest absolute Gasteiger partial charge is 0.353 e. The van der Waals surface area contributed by atoms with Crippen molar-refractivity contribution >= 4 is 22.8 Å². The first-order valence-corrected chi connectivity index (χ1v) is 6.11. The van der Waals surface area contributed by atoms with Crippen LogP contribution in [0.5, 0.6) is 0 Å². The normalized spacial score (nSPS) is 22.1. The molecule has 0 radical (unpaired) electrons. The van der Waals surface area contributed by atoms with E-state index in [1.54, 1.807) is 30.8 Å². The van der Waals surface area contributed by atoms with Gasteiger partial charge in [0.05, 0.1) is 6.54 Å². The van der Waals surface area contributed by atoms with Gasteiger partial charge in [0, 0.05) is 19.3 Å². The van der Waals surface area contributed by atoms with Crippen molar-refractivity contribution in [2.45, 2.75) is 31.6 Å². The molecule has 0 aliphatic carbocycles. The molecule has 0 bridgehead atoms. The van der Waals surface area contributed by atoms with E-state index < -0.39 is 0 Å². The Kier molecular flexibility index (Phi) is 4.45. The molecule has 4 nitrogen and oxygen atoms in total. The van der Waals surface area contributed by atoms with Gasteiger partial charge in [-0.05, 0) is 13.3 Å². The predicted octanol–water partition coefficient (Wildman–Crippen LogP) is 0.934. The molecule has 15 heavy (non-hydrogen) atoms. The Bertz CT molecular complexity index is 265. The minimum absolute atomic E-state index is 0.0817. The van der Waals surface area contributed by atoms with E-state index in [1.807, 2.05) is 6.92 Å². The Morgan fingerprint density at radius 1 is 1.73 bits per heavy atom. The van der Waals surface area contributed by atoms with Crippen LogP contribution >= 0.6 is 11.8 Å². The molecule has 0 fully saturated rings. The van der Waals surface area contributed by atoms with E-state index in [-0.39, 0.29) is 11.9 Å². The van der Waals surface area contributed by atoms with E-state index in [2.05, 4.69) is 17.2 Å². The topological polar surface area (TPSA) is 44.7 Å². The first kappa shape index (κ1) is 12.4. The van der Waals surface area contributed by atoms with Crippen molar-refractivity contribution < 1.29 is 4.79 Å². The van der Waals surface area contributed by atoms with Crippen molar-refractivity contribution in [3.05, 3.63) is 0 Å². The van der Waals surface area contributed by atoms with Gasteiger partial charge in [0.25, 0.3) is 0 Å². The average molecular weight is 229 g/mol. The number of hydrogen-bond acceptors (Lipinski definition) is 4. The number of thioether (sulfide) groups is 1. The molecular formula is C10H19N3OS. The Morgan fingerprint density at radius 2 is 2.40 bits per heavy atom. The van der Waals surface area contributed by atoms with Gasteiger partial charge in [0.15, 0.2) is 5.17 Å². The van der Waals surface area contributed by atoms with Crippen LogP contribution in [0.25, 0.3) is 0 Å². The van der Waals surface area contributed by atoms with Crippen molar-refractivity contribution in [3.63, 3.8) is 0 Å². The molecule has 0 aromatic rings. The van der Waals surface area contributed by atoms with Gasteiger partial charge in [0.1, 0.15) is 6.04 Å². The minimum Gasteiger partial charge on any atom is -0.353 e. The molecule has 5 heteroatoms. The van der Waals surface area contributed by atoms with Gasteiger partial charge in [-0.1, -0.05) is 18.7 Å². The number of rotatable bonds is 3. The van der Waals surface area contributed by atoms with Crippen LogP contribution in [0.2, 0.25) is 0 Å². The molecule has 0 aromatic carbocycles. The summed E-state index contributed by atoms with van der Waals surface area (Å²) in [6, 6.07) is -0.193. The molecule has 1 N–H and O–H groups in total. The van der Waals surface area contributed by atoms with E-state index in [0.717, 1.165) is 18.1 Å². The fraction of sp³-hybridized carbons (Fsp3) is 0.800. The molecule has 0 spiro atoms. The van der Waals surface area contributed by atoms with Crippen molar-refractivity contribution in [3.8, 4) is 0 Å². The summed E-state index contributed by atoms with van der Waals surface area (Å²) in [5, 5.41) is 4.63. The van der Waals surface area contributed by atoms with Gasteiger partial charge in [0.2, 0.25) is 5.91 Å². The second kappa shape index (κ2) is 5.39. The molecule has 0 saturated carbocycles. The SMILES string of the molecule is CCC1CN=C(NC(C)C(=O)N(C)C)S1. The van der Waals surface area contributed by atoms with Crippen LogP contribution in [0.15, 0.2) is 4.99 Å². The van der Waals surface area contributed by atoms with Gasteiger partial charge in [-0.25, -0.2) is 0 Å². The second-order valence-electron chi connectivity index (χ2n) is 3.89. The first-order valence-electron chi connectivity index (χ1n) is 5.23. The Morgan fingerprint density at radius 3 is 2.87 bits per heavy atom. The van der Waals surface area contributed by atoms with Gasteiger partial charge < -0.3 is 10.2 Å². The Hall–Kier alpha value is -0.710. The lowest BCUT2D eigenvalue weighted by molar-refractivity contribution is -0.130. The van der Waals surface area contributed by atoms with E-state index in [4.69, 9.17) is 0 Å². The molecule has 2 atom stereocenters. The van der Waals surface area contributed by atoms with Gasteiger partial charge in [-0.3, -0.25) is 9.79 Å². The van der Waals surface area contributed by atoms with Crippen LogP contribution in [0.3, 0.4) is 0 Å². The molecule has 1 rings (SSSR count). The van der Waals surface area contributed by atoms with Crippen LogP contribution in [0.1, 0.15) is 20.3 Å². The molecule has 1 aliphatic heterocycles. The maximum absolute atomic E-state index is 11.6. The molecule has 86 valence electrons. The smallest absolute Gasteiger partial charge is 0.244 e. The zero-order valence-electron chi connectivity index (χ0n) is 9.78. The van der Waals surface area contributed by atoms with E-state index in [1.165, 1.54) is 0 Å². The monoisotopic (exact) mass is 229 g/mol. The predicted molar refractivity (Wildman–Crippen MR) is 65.3 cm³/mol. The number of aliphatic imine (C=N–C) groups is 1. The molecule has 1 amide bonds. The standard InChI is InChI=1S/C10H19N3OS/c1-5-8-6-11-10(15-8)12-7(2)9(14)13(3)4/h7-8H,5-6H2,1-4H3,(H,11,12). The number of amides is 1. The number of nitrogens with one attached hydrogen (secondary N) is 1. The molecular weight excluding hydrogens is 210 g/mol. The van der Waals surface area contributed by atoms with Crippen LogP contribution in [0, 0.1) is 0 Å². The zero-order chi connectivity index (χ0) is 11.4. The maximum atomic E-state index is 11.6. The highest BCUT2D eigenvalue weighted by molar-refractivity contribution is 8.14. The number of hydrogen-bond donors (Lipinski definition) is 1. The van der Waals surface area contributed by atoms with E-state index in [9.17, 15) is 4.79 Å². The van der Waals surface area contributed by atoms with Crippen LogP contribution in [0.4, 0.5) is 0 Å². The maximum Gasteiger partial charge on any atom is 0.244 e. The summed E-state index contributed by atoms with van der Waals surface area (Å²) < 4.78 is 0. The molecule has 0 saturated heterocycles. The summed E-state index contributed by atoms with van der Waals surface area (Å²) in [7, 11) is 3.53. The Balaban J connectivity index is 2.40. The summed E-state index contributed by atoms with van der Waals surface area (Å²) in [5.41, 5.74) is 0. The Labute approximate surface area is 95.5 Å². The average Bonchev–Trinajstić information content (AvgIpc) is 2.64. The van der Waals surface area contributed by atoms with Crippen LogP contribution in [-0.4, -0.2) is 47.9 Å². The van der Waals surface area contributed by atoms with E-state index in [0.29, 0.717) is 5.25 Å². The van der Waals surface area contributed by atoms with Gasteiger partial charge >= 0.3 is 0 Å². The van der Waals surface area contributed by atoms with E-state index >= 15 is 0 Å². The molecule has 1 heterocycles. The van der Waals surface area contributed by atoms with Crippen molar-refractivity contribution in [2.24, 2.45) is 4.99 Å². The number of amidine groups is 1. The summed E-state index contributed by atoms with van der Waals surface area (Å²) >= 11 is 1.74. The summed E-state index contributed by atoms with van der Waals surface area (Å²) in [6.07, 6.45) is 1.12. The van der Waals surface area contributed by atoms with Gasteiger partial charge in [-0.15, -0.1) is 0 Å². The summed E-state index contributed by atoms with van der Waals surface area (Å²) in [5.74, 6) is 0.0817. The highest BCUT2D eigenvalue weighted by Gasteiger charge is 2.22. The van der Waals surface area contributed by atoms with Crippen LogP contribution < -0.4 is 5.32 Å². The lowest BCUT2D eigenvalue weighted by Crippen LogP contribution is -2.43. The molecule has 2 unspecified atom stereocenters. The number of carbonyl (C=O) groups excluding carboxylic acids is 1. The quantitative estimate of drug-likeness (QED) is 0.783. The minimum atomic E-state index is -0.193. The third-order valence-electron chi connectivity index (χ3n) is 2.32. The summed E-state index contributed by atoms with van der Waals surface area (Å²) in [6.45, 7) is 4.89. The molecule has 1 aliphatic rings. The fourth-order valence-electron chi connectivity index (χ4n) is 1.34. The van der Waals surface area contributed by atoms with Crippen molar-refractivity contribution in [1.29, 1.82) is 0 Å². The van der Waals surface area contributed by atoms with Gasteiger partial charge in [-0.2, -0.15) is 0 Å². The highest BCUT2D eigenvalue weighted by atomic mass is 32.2. The fourth-order valence-corrected chi connectivity index (χ4v) is 2.37. The van der Waals surface area contributed by atoms with Crippen LogP contribution in [-0.2, 0) is 4.79 Å². The molecule has 0 aromatic heterocycles. The highest BCUT2D eigenvalue weighted by Crippen LogP contribution is 2.22.